The van der Waals surface area contributed by atoms with Crippen molar-refractivity contribution in [3.8, 4) is 0 Å². The smallest absolute Gasteiger partial charge is 0.225 e. The number of carbonyl (C=O) groups is 1. The Morgan fingerprint density at radius 1 is 1.37 bits per heavy atom. The second-order valence-electron chi connectivity index (χ2n) is 7.21. The standard InChI is InChI=1S/C21H28N4OS/c1-4-16(3)24-20(26)17-8-6-12-25(14-17)19-21(23-11-10-22-19)27-18-9-5-7-15(2)13-18/h5,7,9-11,13,16-17H,4,6,8,12,14H2,1-3H3,(H,24,26)/t16-,17+/m1/s1. The van der Waals surface area contributed by atoms with E-state index in [9.17, 15) is 4.79 Å². The number of rotatable bonds is 6. The molecule has 2 heterocycles. The molecule has 5 nitrogen and oxygen atoms in total. The molecule has 0 saturated carbocycles. The average Bonchev–Trinajstić information content (AvgIpc) is 2.68. The van der Waals surface area contributed by atoms with Crippen LogP contribution < -0.4 is 10.2 Å². The van der Waals surface area contributed by atoms with Gasteiger partial charge in [-0.25, -0.2) is 9.97 Å². The van der Waals surface area contributed by atoms with Crippen LogP contribution in [0.5, 0.6) is 0 Å². The predicted octanol–water partition coefficient (Wildman–Crippen LogP) is 4.07. The van der Waals surface area contributed by atoms with Crippen LogP contribution in [-0.4, -0.2) is 35.0 Å². The summed E-state index contributed by atoms with van der Waals surface area (Å²) in [5, 5.41) is 4.02. The minimum atomic E-state index is 0.00609. The summed E-state index contributed by atoms with van der Waals surface area (Å²) < 4.78 is 0. The van der Waals surface area contributed by atoms with E-state index in [1.807, 2.05) is 0 Å². The molecule has 2 atom stereocenters. The Balaban J connectivity index is 1.75. The largest absolute Gasteiger partial charge is 0.354 e. The Labute approximate surface area is 166 Å². The summed E-state index contributed by atoms with van der Waals surface area (Å²) in [4.78, 5) is 25.1. The van der Waals surface area contributed by atoms with Crippen LogP contribution in [0.15, 0.2) is 46.6 Å². The highest BCUT2D eigenvalue weighted by Gasteiger charge is 2.28. The van der Waals surface area contributed by atoms with E-state index < -0.39 is 0 Å². The van der Waals surface area contributed by atoms with E-state index in [-0.39, 0.29) is 17.9 Å². The first-order chi connectivity index (χ1) is 13.1. The zero-order chi connectivity index (χ0) is 19.2. The van der Waals surface area contributed by atoms with Gasteiger partial charge >= 0.3 is 0 Å². The van der Waals surface area contributed by atoms with Crippen molar-refractivity contribution in [3.05, 3.63) is 42.2 Å². The van der Waals surface area contributed by atoms with Gasteiger partial charge in [-0.3, -0.25) is 4.79 Å². The summed E-state index contributed by atoms with van der Waals surface area (Å²) >= 11 is 1.63. The molecule has 3 rings (SSSR count). The van der Waals surface area contributed by atoms with Crippen molar-refractivity contribution in [1.82, 2.24) is 15.3 Å². The normalized spacial score (nSPS) is 18.2. The Morgan fingerprint density at radius 3 is 2.96 bits per heavy atom. The van der Waals surface area contributed by atoms with Gasteiger partial charge in [-0.1, -0.05) is 36.4 Å². The fourth-order valence-corrected chi connectivity index (χ4v) is 4.24. The molecule has 1 aliphatic heterocycles. The molecule has 2 aromatic rings. The zero-order valence-corrected chi connectivity index (χ0v) is 17.1. The molecule has 1 aliphatic rings. The number of piperidine rings is 1. The molecule has 6 heteroatoms. The minimum absolute atomic E-state index is 0.00609. The maximum absolute atomic E-state index is 12.6. The number of nitrogens with zero attached hydrogens (tertiary/aromatic N) is 3. The molecule has 1 aromatic carbocycles. The Morgan fingerprint density at radius 2 is 2.19 bits per heavy atom. The first-order valence-electron chi connectivity index (χ1n) is 9.67. The van der Waals surface area contributed by atoms with Gasteiger partial charge in [0, 0.05) is 36.4 Å². The topological polar surface area (TPSA) is 58.1 Å². The SMILES string of the molecule is CC[C@@H](C)NC(=O)[C@H]1CCCN(c2nccnc2Sc2cccc(C)c2)C1. The summed E-state index contributed by atoms with van der Waals surface area (Å²) in [6, 6.07) is 8.62. The summed E-state index contributed by atoms with van der Waals surface area (Å²) in [5.74, 6) is 1.04. The van der Waals surface area contributed by atoms with Crippen molar-refractivity contribution in [1.29, 1.82) is 0 Å². The fourth-order valence-electron chi connectivity index (χ4n) is 3.24. The van der Waals surface area contributed by atoms with E-state index in [0.717, 1.165) is 41.5 Å². The molecule has 1 saturated heterocycles. The van der Waals surface area contributed by atoms with Gasteiger partial charge in [0.05, 0.1) is 5.92 Å². The molecule has 27 heavy (non-hydrogen) atoms. The predicted molar refractivity (Wildman–Crippen MR) is 110 cm³/mol. The van der Waals surface area contributed by atoms with Gasteiger partial charge in [-0.15, -0.1) is 0 Å². The lowest BCUT2D eigenvalue weighted by atomic mass is 9.96. The molecular weight excluding hydrogens is 356 g/mol. The molecule has 1 fully saturated rings. The van der Waals surface area contributed by atoms with Crippen LogP contribution in [0.1, 0.15) is 38.7 Å². The molecule has 1 amide bonds. The third-order valence-electron chi connectivity index (χ3n) is 4.94. The maximum Gasteiger partial charge on any atom is 0.225 e. The number of nitrogens with one attached hydrogen (secondary N) is 1. The third-order valence-corrected chi connectivity index (χ3v) is 5.91. The molecule has 0 radical (unpaired) electrons. The summed E-state index contributed by atoms with van der Waals surface area (Å²) in [6.07, 6.45) is 6.34. The molecular formula is C21H28N4OS. The number of benzene rings is 1. The van der Waals surface area contributed by atoms with Crippen molar-refractivity contribution in [3.63, 3.8) is 0 Å². The van der Waals surface area contributed by atoms with E-state index in [1.165, 1.54) is 5.56 Å². The Kier molecular flexibility index (Phi) is 6.72. The second-order valence-corrected chi connectivity index (χ2v) is 8.27. The molecule has 1 N–H and O–H groups in total. The van der Waals surface area contributed by atoms with Crippen LogP contribution in [0.4, 0.5) is 5.82 Å². The average molecular weight is 385 g/mol. The van der Waals surface area contributed by atoms with Crippen LogP contribution in [0.25, 0.3) is 0 Å². The summed E-state index contributed by atoms with van der Waals surface area (Å²) in [5.41, 5.74) is 1.23. The highest BCUT2D eigenvalue weighted by molar-refractivity contribution is 7.99. The van der Waals surface area contributed by atoms with E-state index in [2.05, 4.69) is 65.2 Å². The van der Waals surface area contributed by atoms with Crippen LogP contribution >= 0.6 is 11.8 Å². The van der Waals surface area contributed by atoms with Crippen LogP contribution in [0, 0.1) is 12.8 Å². The highest BCUT2D eigenvalue weighted by atomic mass is 32.2. The second kappa shape index (κ2) is 9.22. The molecule has 0 aliphatic carbocycles. The maximum atomic E-state index is 12.6. The summed E-state index contributed by atoms with van der Waals surface area (Å²) in [7, 11) is 0. The van der Waals surface area contributed by atoms with Crippen molar-refractivity contribution >= 4 is 23.5 Å². The molecule has 1 aromatic heterocycles. The van der Waals surface area contributed by atoms with Crippen LogP contribution in [-0.2, 0) is 4.79 Å². The zero-order valence-electron chi connectivity index (χ0n) is 16.3. The highest BCUT2D eigenvalue weighted by Crippen LogP contribution is 2.34. The number of anilines is 1. The van der Waals surface area contributed by atoms with Gasteiger partial charge in [-0.05, 0) is 45.2 Å². The van der Waals surface area contributed by atoms with Crippen LogP contribution in [0.3, 0.4) is 0 Å². The summed E-state index contributed by atoms with van der Waals surface area (Å²) in [6.45, 7) is 7.84. The Bertz CT molecular complexity index is 782. The number of aryl methyl sites for hydroxylation is 1. The van der Waals surface area contributed by atoms with Gasteiger partial charge in [0.2, 0.25) is 5.91 Å². The molecule has 0 spiro atoms. The lowest BCUT2D eigenvalue weighted by Crippen LogP contribution is -2.45. The van der Waals surface area contributed by atoms with Gasteiger partial charge in [0.1, 0.15) is 5.03 Å². The number of aromatic nitrogens is 2. The first kappa shape index (κ1) is 19.7. The van der Waals surface area contributed by atoms with Crippen molar-refractivity contribution in [2.75, 3.05) is 18.0 Å². The number of carbonyl (C=O) groups excluding carboxylic acids is 1. The lowest BCUT2D eigenvalue weighted by Gasteiger charge is -2.33. The molecule has 144 valence electrons. The lowest BCUT2D eigenvalue weighted by molar-refractivity contribution is -0.125. The number of hydrogen-bond acceptors (Lipinski definition) is 5. The van der Waals surface area contributed by atoms with Gasteiger partial charge in [0.25, 0.3) is 0 Å². The number of hydrogen-bond donors (Lipinski definition) is 1. The van der Waals surface area contributed by atoms with Crippen molar-refractivity contribution in [2.45, 2.75) is 56.0 Å². The fraction of sp³-hybridized carbons (Fsp3) is 0.476. The molecule has 0 bridgehead atoms. The quantitative estimate of drug-likeness (QED) is 0.814. The van der Waals surface area contributed by atoms with E-state index >= 15 is 0 Å². The van der Waals surface area contributed by atoms with Gasteiger partial charge in [0.15, 0.2) is 5.82 Å². The van der Waals surface area contributed by atoms with Gasteiger partial charge < -0.3 is 10.2 Å². The van der Waals surface area contributed by atoms with Crippen molar-refractivity contribution in [2.24, 2.45) is 5.92 Å². The van der Waals surface area contributed by atoms with E-state index in [1.54, 1.807) is 24.2 Å². The monoisotopic (exact) mass is 384 g/mol. The van der Waals surface area contributed by atoms with Gasteiger partial charge in [-0.2, -0.15) is 0 Å². The Hall–Kier alpha value is -2.08. The first-order valence-corrected chi connectivity index (χ1v) is 10.5. The minimum Gasteiger partial charge on any atom is -0.354 e. The number of amides is 1. The van der Waals surface area contributed by atoms with Crippen LogP contribution in [0.2, 0.25) is 0 Å². The van der Waals surface area contributed by atoms with Crippen molar-refractivity contribution < 1.29 is 4.79 Å². The van der Waals surface area contributed by atoms with E-state index in [4.69, 9.17) is 0 Å². The van der Waals surface area contributed by atoms with E-state index in [0.29, 0.717) is 6.54 Å². The molecule has 0 unspecified atom stereocenters. The third kappa shape index (κ3) is 5.22.